The summed E-state index contributed by atoms with van der Waals surface area (Å²) in [5.41, 5.74) is 1.75. The Hall–Kier alpha value is -2.16. The Labute approximate surface area is 124 Å². The van der Waals surface area contributed by atoms with Gasteiger partial charge in [0.15, 0.2) is 5.90 Å². The minimum atomic E-state index is -0.228. The zero-order chi connectivity index (χ0) is 14.9. The number of nitrogens with zero attached hydrogens (tertiary/aromatic N) is 1. The summed E-state index contributed by atoms with van der Waals surface area (Å²) >= 11 is 0. The van der Waals surface area contributed by atoms with Crippen molar-refractivity contribution >= 4 is 11.6 Å². The number of para-hydroxylation sites is 1. The molecule has 108 valence electrons. The first-order valence-electron chi connectivity index (χ1n) is 7.11. The topological polar surface area (TPSA) is 21.6 Å². The molecule has 0 spiro atoms. The third-order valence-electron chi connectivity index (χ3n) is 3.76. The lowest BCUT2D eigenvalue weighted by atomic mass is 9.87. The number of halogens is 1. The van der Waals surface area contributed by atoms with Crippen LogP contribution in [0.15, 0.2) is 59.6 Å². The molecule has 0 radical (unpaired) electrons. The summed E-state index contributed by atoms with van der Waals surface area (Å²) in [7, 11) is 0. The van der Waals surface area contributed by atoms with E-state index < -0.39 is 0 Å². The molecule has 1 aliphatic rings. The lowest BCUT2D eigenvalue weighted by molar-refractivity contribution is 0.221. The minimum Gasteiger partial charge on any atom is -0.472 e. The second-order valence-corrected chi connectivity index (χ2v) is 6.00. The van der Waals surface area contributed by atoms with E-state index in [2.05, 4.69) is 18.8 Å². The van der Waals surface area contributed by atoms with Gasteiger partial charge in [-0.05, 0) is 29.8 Å². The van der Waals surface area contributed by atoms with Crippen LogP contribution in [-0.4, -0.2) is 5.90 Å². The number of hydrogen-bond acceptors (Lipinski definition) is 2. The standard InChI is InChI=1S/C18H18FNO/c1-18(2)12-16(13-8-10-14(19)11-9-13)21-17(18)20-15-6-4-3-5-7-15/h3-11,16H,12H2,1-2H3. The summed E-state index contributed by atoms with van der Waals surface area (Å²) in [6, 6.07) is 16.3. The van der Waals surface area contributed by atoms with Gasteiger partial charge in [0.25, 0.3) is 0 Å². The van der Waals surface area contributed by atoms with Crippen LogP contribution >= 0.6 is 0 Å². The summed E-state index contributed by atoms with van der Waals surface area (Å²) in [5.74, 6) is 0.511. The van der Waals surface area contributed by atoms with Gasteiger partial charge in [-0.1, -0.05) is 44.2 Å². The molecule has 1 heterocycles. The molecule has 0 aromatic heterocycles. The Morgan fingerprint density at radius 1 is 1.05 bits per heavy atom. The first-order chi connectivity index (χ1) is 10.0. The average molecular weight is 283 g/mol. The number of aliphatic imine (C=N–C) groups is 1. The molecule has 0 saturated carbocycles. The molecule has 0 aliphatic carbocycles. The maximum Gasteiger partial charge on any atom is 0.195 e. The summed E-state index contributed by atoms with van der Waals surface area (Å²) < 4.78 is 19.1. The van der Waals surface area contributed by atoms with E-state index in [0.29, 0.717) is 0 Å². The van der Waals surface area contributed by atoms with Gasteiger partial charge in [-0.25, -0.2) is 9.38 Å². The highest BCUT2D eigenvalue weighted by molar-refractivity contribution is 5.86. The van der Waals surface area contributed by atoms with Gasteiger partial charge >= 0.3 is 0 Å². The third kappa shape index (κ3) is 2.97. The van der Waals surface area contributed by atoms with E-state index in [1.54, 1.807) is 12.1 Å². The summed E-state index contributed by atoms with van der Waals surface area (Å²) in [6.07, 6.45) is 0.771. The molecule has 1 atom stereocenters. The molecule has 2 aromatic rings. The quantitative estimate of drug-likeness (QED) is 0.756. The molecule has 3 rings (SSSR count). The lowest BCUT2D eigenvalue weighted by Gasteiger charge is -2.14. The van der Waals surface area contributed by atoms with Crippen LogP contribution in [0.4, 0.5) is 10.1 Å². The Bertz CT molecular complexity index is 647. The molecule has 1 saturated heterocycles. The van der Waals surface area contributed by atoms with E-state index >= 15 is 0 Å². The van der Waals surface area contributed by atoms with Gasteiger partial charge in [0.2, 0.25) is 0 Å². The molecule has 2 nitrogen and oxygen atoms in total. The van der Waals surface area contributed by atoms with Gasteiger partial charge in [-0.2, -0.15) is 0 Å². The Balaban J connectivity index is 1.87. The van der Waals surface area contributed by atoms with Crippen molar-refractivity contribution in [3.8, 4) is 0 Å². The minimum absolute atomic E-state index is 0.0666. The monoisotopic (exact) mass is 283 g/mol. The van der Waals surface area contributed by atoms with E-state index in [9.17, 15) is 4.39 Å². The molecule has 3 heteroatoms. The van der Waals surface area contributed by atoms with Crippen molar-refractivity contribution in [2.45, 2.75) is 26.4 Å². The highest BCUT2D eigenvalue weighted by Crippen LogP contribution is 2.42. The largest absolute Gasteiger partial charge is 0.472 e. The van der Waals surface area contributed by atoms with E-state index in [1.807, 2.05) is 30.3 Å². The van der Waals surface area contributed by atoms with Gasteiger partial charge in [-0.3, -0.25) is 0 Å². The van der Waals surface area contributed by atoms with Crippen molar-refractivity contribution in [1.82, 2.24) is 0 Å². The van der Waals surface area contributed by atoms with Crippen molar-refractivity contribution in [1.29, 1.82) is 0 Å². The van der Waals surface area contributed by atoms with Crippen LogP contribution in [0.1, 0.15) is 31.9 Å². The fraction of sp³-hybridized carbons (Fsp3) is 0.278. The summed E-state index contributed by atoms with van der Waals surface area (Å²) in [4.78, 5) is 4.62. The van der Waals surface area contributed by atoms with Gasteiger partial charge in [0.1, 0.15) is 11.9 Å². The fourth-order valence-electron chi connectivity index (χ4n) is 2.55. The maximum absolute atomic E-state index is 13.0. The molecule has 2 aromatic carbocycles. The zero-order valence-electron chi connectivity index (χ0n) is 12.2. The van der Waals surface area contributed by atoms with Crippen molar-refractivity contribution < 1.29 is 9.13 Å². The molecule has 1 aliphatic heterocycles. The Morgan fingerprint density at radius 3 is 2.38 bits per heavy atom. The first-order valence-corrected chi connectivity index (χ1v) is 7.11. The molecule has 0 amide bonds. The number of hydrogen-bond donors (Lipinski definition) is 0. The van der Waals surface area contributed by atoms with Gasteiger partial charge in [0.05, 0.1) is 5.69 Å². The number of benzene rings is 2. The predicted molar refractivity (Wildman–Crippen MR) is 82.2 cm³/mol. The van der Waals surface area contributed by atoms with Crippen LogP contribution in [0.5, 0.6) is 0 Å². The lowest BCUT2D eigenvalue weighted by Crippen LogP contribution is -2.17. The first kappa shape index (κ1) is 13.8. The van der Waals surface area contributed by atoms with E-state index in [-0.39, 0.29) is 17.3 Å². The van der Waals surface area contributed by atoms with Gasteiger partial charge in [0, 0.05) is 11.8 Å². The van der Waals surface area contributed by atoms with Crippen LogP contribution in [-0.2, 0) is 4.74 Å². The molecule has 0 bridgehead atoms. The highest BCUT2D eigenvalue weighted by Gasteiger charge is 2.40. The highest BCUT2D eigenvalue weighted by atomic mass is 19.1. The predicted octanol–water partition coefficient (Wildman–Crippen LogP) is 5.04. The van der Waals surface area contributed by atoms with Crippen LogP contribution < -0.4 is 0 Å². The van der Waals surface area contributed by atoms with Crippen LogP contribution in [0.25, 0.3) is 0 Å². The Morgan fingerprint density at radius 2 is 1.71 bits per heavy atom. The van der Waals surface area contributed by atoms with Gasteiger partial charge < -0.3 is 4.74 Å². The molecule has 21 heavy (non-hydrogen) atoms. The second-order valence-electron chi connectivity index (χ2n) is 6.00. The van der Waals surface area contributed by atoms with Crippen LogP contribution in [0, 0.1) is 11.2 Å². The Kier molecular flexibility index (Phi) is 3.50. The SMILES string of the molecule is CC1(C)CC(c2ccc(F)cc2)OC1=Nc1ccccc1. The fourth-order valence-corrected chi connectivity index (χ4v) is 2.55. The maximum atomic E-state index is 13.0. The van der Waals surface area contributed by atoms with Gasteiger partial charge in [-0.15, -0.1) is 0 Å². The normalized spacial score (nSPS) is 22.2. The summed E-state index contributed by atoms with van der Waals surface area (Å²) in [6.45, 7) is 4.25. The van der Waals surface area contributed by atoms with Crippen LogP contribution in [0.2, 0.25) is 0 Å². The van der Waals surface area contributed by atoms with Crippen molar-refractivity contribution in [3.05, 3.63) is 66.0 Å². The summed E-state index contributed by atoms with van der Waals surface area (Å²) in [5, 5.41) is 0. The molecule has 1 fully saturated rings. The zero-order valence-corrected chi connectivity index (χ0v) is 12.2. The molecular weight excluding hydrogens is 265 g/mol. The molecule has 1 unspecified atom stereocenters. The van der Waals surface area contributed by atoms with Crippen molar-refractivity contribution in [2.75, 3.05) is 0 Å². The molecule has 0 N–H and O–H groups in total. The number of rotatable bonds is 2. The third-order valence-corrected chi connectivity index (χ3v) is 3.76. The number of ether oxygens (including phenoxy) is 1. The van der Waals surface area contributed by atoms with E-state index in [1.165, 1.54) is 12.1 Å². The van der Waals surface area contributed by atoms with Crippen LogP contribution in [0.3, 0.4) is 0 Å². The average Bonchev–Trinajstić information content (AvgIpc) is 2.76. The molecular formula is C18H18FNO. The van der Waals surface area contributed by atoms with Crippen molar-refractivity contribution in [2.24, 2.45) is 10.4 Å². The second kappa shape index (κ2) is 5.32. The smallest absolute Gasteiger partial charge is 0.195 e. The van der Waals surface area contributed by atoms with Crippen molar-refractivity contribution in [3.63, 3.8) is 0 Å². The van der Waals surface area contributed by atoms with E-state index in [0.717, 1.165) is 23.6 Å². The van der Waals surface area contributed by atoms with E-state index in [4.69, 9.17) is 4.74 Å².